The van der Waals surface area contributed by atoms with E-state index in [-0.39, 0.29) is 10.8 Å². The lowest BCUT2D eigenvalue weighted by Gasteiger charge is -2.09. The second-order valence-electron chi connectivity index (χ2n) is 5.42. The Morgan fingerprint density at radius 3 is 2.57 bits per heavy atom. The van der Waals surface area contributed by atoms with Crippen LogP contribution in [-0.2, 0) is 0 Å². The van der Waals surface area contributed by atoms with Gasteiger partial charge in [-0.05, 0) is 42.5 Å². The van der Waals surface area contributed by atoms with Crippen LogP contribution in [0.15, 0.2) is 47.8 Å². The van der Waals surface area contributed by atoms with Gasteiger partial charge < -0.3 is 15.4 Å². The fourth-order valence-electron chi connectivity index (χ4n) is 2.19. The van der Waals surface area contributed by atoms with Crippen LogP contribution in [-0.4, -0.2) is 24.0 Å². The first-order valence-corrected chi connectivity index (χ1v) is 9.14. The number of thiazole rings is 1. The molecule has 0 atom stereocenters. The summed E-state index contributed by atoms with van der Waals surface area (Å²) >= 11 is 7.03. The third-order valence-corrected chi connectivity index (χ3v) is 4.46. The Labute approximate surface area is 168 Å². The van der Waals surface area contributed by atoms with Crippen LogP contribution in [0.1, 0.15) is 10.5 Å². The van der Waals surface area contributed by atoms with Crippen molar-refractivity contribution in [3.63, 3.8) is 0 Å². The molecule has 1 aromatic heterocycles. The third-order valence-electron chi connectivity index (χ3n) is 3.47. The summed E-state index contributed by atoms with van der Waals surface area (Å²) in [5.74, 6) is -0.438. The monoisotopic (exact) mass is 420 g/mol. The van der Waals surface area contributed by atoms with E-state index < -0.39 is 17.8 Å². The number of anilines is 3. The number of hydrogen-bond acceptors (Lipinski definition) is 5. The predicted molar refractivity (Wildman–Crippen MR) is 107 cm³/mol. The summed E-state index contributed by atoms with van der Waals surface area (Å²) in [4.78, 5) is 28.4. The Bertz CT molecular complexity index is 1010. The number of rotatable bonds is 5. The minimum Gasteiger partial charge on any atom is -0.495 e. The van der Waals surface area contributed by atoms with Crippen LogP contribution in [0.25, 0.3) is 0 Å². The summed E-state index contributed by atoms with van der Waals surface area (Å²) in [5.41, 5.74) is 0.933. The predicted octanol–water partition coefficient (Wildman–Crippen LogP) is 4.84. The van der Waals surface area contributed by atoms with E-state index in [4.69, 9.17) is 16.3 Å². The van der Waals surface area contributed by atoms with E-state index in [0.717, 1.165) is 11.3 Å². The maximum atomic E-state index is 12.9. The zero-order chi connectivity index (χ0) is 20.1. The lowest BCUT2D eigenvalue weighted by molar-refractivity contribution is 0.102. The van der Waals surface area contributed by atoms with Crippen LogP contribution in [0.4, 0.5) is 25.7 Å². The average molecular weight is 421 g/mol. The number of amides is 3. The van der Waals surface area contributed by atoms with Gasteiger partial charge >= 0.3 is 6.03 Å². The van der Waals surface area contributed by atoms with E-state index in [2.05, 4.69) is 20.9 Å². The van der Waals surface area contributed by atoms with Gasteiger partial charge in [0.15, 0.2) is 5.13 Å². The van der Waals surface area contributed by atoms with Crippen LogP contribution in [0.2, 0.25) is 5.02 Å². The number of halogens is 2. The minimum absolute atomic E-state index is 0.115. The lowest BCUT2D eigenvalue weighted by Crippen LogP contribution is -2.19. The first-order valence-electron chi connectivity index (χ1n) is 7.88. The molecule has 2 aromatic carbocycles. The molecule has 0 radical (unpaired) electrons. The Balaban J connectivity index is 1.63. The number of urea groups is 1. The van der Waals surface area contributed by atoms with Gasteiger partial charge in [-0.3, -0.25) is 10.1 Å². The maximum absolute atomic E-state index is 12.9. The standard InChI is InChI=1S/C18H14ClFN4O3S/c1-27-15-7-2-10(19)8-13(15)22-16(25)14-9-28-18(23-14)24-17(26)21-12-5-3-11(20)4-6-12/h2-9H,1H3,(H,22,25)(H2,21,23,24,26). The van der Waals surface area contributed by atoms with Gasteiger partial charge in [0.25, 0.3) is 5.91 Å². The highest BCUT2D eigenvalue weighted by atomic mass is 35.5. The molecule has 144 valence electrons. The maximum Gasteiger partial charge on any atom is 0.325 e. The molecule has 7 nitrogen and oxygen atoms in total. The highest BCUT2D eigenvalue weighted by molar-refractivity contribution is 7.14. The first-order chi connectivity index (χ1) is 13.4. The molecule has 0 saturated carbocycles. The number of carbonyl (C=O) groups is 2. The average Bonchev–Trinajstić information content (AvgIpc) is 3.12. The number of aromatic nitrogens is 1. The fourth-order valence-corrected chi connectivity index (χ4v) is 3.05. The van der Waals surface area contributed by atoms with Gasteiger partial charge in [0, 0.05) is 16.1 Å². The SMILES string of the molecule is COc1ccc(Cl)cc1NC(=O)c1csc(NC(=O)Nc2ccc(F)cc2)n1. The summed E-state index contributed by atoms with van der Waals surface area (Å²) in [6, 6.07) is 9.57. The second-order valence-corrected chi connectivity index (χ2v) is 6.72. The van der Waals surface area contributed by atoms with E-state index in [0.29, 0.717) is 22.1 Å². The lowest BCUT2D eigenvalue weighted by atomic mass is 10.3. The van der Waals surface area contributed by atoms with Gasteiger partial charge in [-0.25, -0.2) is 14.2 Å². The van der Waals surface area contributed by atoms with Crippen LogP contribution < -0.4 is 20.7 Å². The molecule has 0 aliphatic carbocycles. The Morgan fingerprint density at radius 2 is 1.86 bits per heavy atom. The topological polar surface area (TPSA) is 92.4 Å². The molecule has 28 heavy (non-hydrogen) atoms. The summed E-state index contributed by atoms with van der Waals surface area (Å²) < 4.78 is 18.1. The molecule has 0 spiro atoms. The normalized spacial score (nSPS) is 10.2. The largest absolute Gasteiger partial charge is 0.495 e. The molecule has 0 saturated heterocycles. The van der Waals surface area contributed by atoms with Gasteiger partial charge in [-0.2, -0.15) is 0 Å². The van der Waals surface area contributed by atoms with Crippen LogP contribution in [0.3, 0.4) is 0 Å². The highest BCUT2D eigenvalue weighted by Gasteiger charge is 2.15. The van der Waals surface area contributed by atoms with Crippen molar-refractivity contribution < 1.29 is 18.7 Å². The van der Waals surface area contributed by atoms with E-state index >= 15 is 0 Å². The molecular weight excluding hydrogens is 407 g/mol. The van der Waals surface area contributed by atoms with Crippen molar-refractivity contribution in [2.75, 3.05) is 23.1 Å². The molecule has 0 aliphatic heterocycles. The molecule has 3 N–H and O–H groups in total. The molecule has 1 heterocycles. The van der Waals surface area contributed by atoms with Crippen LogP contribution >= 0.6 is 22.9 Å². The first kappa shape index (κ1) is 19.6. The van der Waals surface area contributed by atoms with Gasteiger partial charge in [0.2, 0.25) is 0 Å². The zero-order valence-electron chi connectivity index (χ0n) is 14.5. The molecule has 0 bridgehead atoms. The van der Waals surface area contributed by atoms with Crippen LogP contribution in [0.5, 0.6) is 5.75 Å². The van der Waals surface area contributed by atoms with Crippen molar-refractivity contribution in [1.29, 1.82) is 0 Å². The van der Waals surface area contributed by atoms with E-state index in [1.54, 1.807) is 18.2 Å². The Kier molecular flexibility index (Phi) is 6.07. The van der Waals surface area contributed by atoms with E-state index in [9.17, 15) is 14.0 Å². The second kappa shape index (κ2) is 8.68. The summed E-state index contributed by atoms with van der Waals surface area (Å²) in [6.45, 7) is 0. The van der Waals surface area contributed by atoms with Crippen molar-refractivity contribution in [2.24, 2.45) is 0 Å². The molecule has 0 fully saturated rings. The van der Waals surface area contributed by atoms with Gasteiger partial charge in [-0.15, -0.1) is 11.3 Å². The van der Waals surface area contributed by atoms with E-state index in [1.165, 1.54) is 36.8 Å². The smallest absolute Gasteiger partial charge is 0.325 e. The van der Waals surface area contributed by atoms with Gasteiger partial charge in [-0.1, -0.05) is 11.6 Å². The summed E-state index contributed by atoms with van der Waals surface area (Å²) in [5, 5.41) is 9.88. The quantitative estimate of drug-likeness (QED) is 0.550. The molecular formula is C18H14ClFN4O3S. The van der Waals surface area contributed by atoms with Crippen molar-refractivity contribution in [3.05, 3.63) is 64.4 Å². The van der Waals surface area contributed by atoms with Crippen LogP contribution in [0, 0.1) is 5.82 Å². The zero-order valence-corrected chi connectivity index (χ0v) is 16.0. The molecule has 3 amide bonds. The van der Waals surface area contributed by atoms with Crippen molar-refractivity contribution in [2.45, 2.75) is 0 Å². The van der Waals surface area contributed by atoms with Crippen molar-refractivity contribution in [1.82, 2.24) is 4.98 Å². The summed E-state index contributed by atoms with van der Waals surface area (Å²) in [6.07, 6.45) is 0. The molecule has 0 aliphatic rings. The van der Waals surface area contributed by atoms with Gasteiger partial charge in [0.1, 0.15) is 17.3 Å². The van der Waals surface area contributed by atoms with Gasteiger partial charge in [0.05, 0.1) is 12.8 Å². The summed E-state index contributed by atoms with van der Waals surface area (Å²) in [7, 11) is 1.48. The molecule has 3 rings (SSSR count). The van der Waals surface area contributed by atoms with Crippen molar-refractivity contribution >= 4 is 51.4 Å². The molecule has 10 heteroatoms. The van der Waals surface area contributed by atoms with E-state index in [1.807, 2.05) is 0 Å². The number of nitrogens with one attached hydrogen (secondary N) is 3. The number of benzene rings is 2. The third kappa shape index (κ3) is 4.96. The fraction of sp³-hybridized carbons (Fsp3) is 0.0556. The Morgan fingerprint density at radius 1 is 1.11 bits per heavy atom. The number of ether oxygens (including phenoxy) is 1. The van der Waals surface area contributed by atoms with Crippen molar-refractivity contribution in [3.8, 4) is 5.75 Å². The highest BCUT2D eigenvalue weighted by Crippen LogP contribution is 2.28. The minimum atomic E-state index is -0.565. The number of carbonyl (C=O) groups excluding carboxylic acids is 2. The molecule has 3 aromatic rings. The number of hydrogen-bond donors (Lipinski definition) is 3. The Hall–Kier alpha value is -3.17. The number of nitrogens with zero attached hydrogens (tertiary/aromatic N) is 1. The number of methoxy groups -OCH3 is 1. The molecule has 0 unspecified atom stereocenters.